The highest BCUT2D eigenvalue weighted by Crippen LogP contribution is 2.12. The summed E-state index contributed by atoms with van der Waals surface area (Å²) in [6.45, 7) is 1.87. The molecule has 2 rings (SSSR count). The van der Waals surface area contributed by atoms with E-state index >= 15 is 0 Å². The van der Waals surface area contributed by atoms with Gasteiger partial charge in [0.25, 0.3) is 0 Å². The van der Waals surface area contributed by atoms with Gasteiger partial charge in [0.2, 0.25) is 0 Å². The normalized spacial score (nSPS) is 10.2. The van der Waals surface area contributed by atoms with Gasteiger partial charge in [-0.2, -0.15) is 0 Å². The predicted octanol–water partition coefficient (Wildman–Crippen LogP) is 0.860. The molecule has 2 heterocycles. The average molecular weight is 201 g/mol. The molecule has 0 aromatic carbocycles. The number of nitrogen functional groups attached to an aromatic ring is 1. The fraction of sp³-hybridized carbons (Fsp3) is 0.100. The van der Waals surface area contributed by atoms with Gasteiger partial charge in [-0.25, -0.2) is 9.97 Å². The van der Waals surface area contributed by atoms with E-state index in [9.17, 15) is 0 Å². The second-order valence-electron chi connectivity index (χ2n) is 3.13. The third-order valence-corrected chi connectivity index (χ3v) is 2.13. The molecule has 76 valence electrons. The molecule has 0 unspecified atom stereocenters. The van der Waals surface area contributed by atoms with Gasteiger partial charge < -0.3 is 5.73 Å². The van der Waals surface area contributed by atoms with Crippen LogP contribution in [-0.2, 0) is 0 Å². The highest BCUT2D eigenvalue weighted by molar-refractivity contribution is 5.97. The minimum Gasteiger partial charge on any atom is -0.384 e. The van der Waals surface area contributed by atoms with Gasteiger partial charge in [0.1, 0.15) is 17.5 Å². The lowest BCUT2D eigenvalue weighted by molar-refractivity contribution is 0.928. The predicted molar refractivity (Wildman–Crippen MR) is 57.1 cm³/mol. The third-order valence-electron chi connectivity index (χ3n) is 2.13. The summed E-state index contributed by atoms with van der Waals surface area (Å²) in [7, 11) is 0. The van der Waals surface area contributed by atoms with Crippen LogP contribution >= 0.6 is 0 Å². The Hall–Kier alpha value is -2.17. The van der Waals surface area contributed by atoms with Crippen molar-refractivity contribution in [2.75, 3.05) is 0 Å². The molecule has 5 heteroatoms. The van der Waals surface area contributed by atoms with Crippen molar-refractivity contribution in [3.8, 4) is 5.82 Å². The Kier molecular flexibility index (Phi) is 2.21. The molecule has 0 aliphatic rings. The molecule has 0 bridgehead atoms. The van der Waals surface area contributed by atoms with Crippen molar-refractivity contribution in [2.45, 2.75) is 6.92 Å². The van der Waals surface area contributed by atoms with Gasteiger partial charge in [-0.1, -0.05) is 0 Å². The molecule has 2 aromatic heterocycles. The minimum absolute atomic E-state index is 0.00574. The molecule has 3 N–H and O–H groups in total. The molecule has 2 aromatic rings. The van der Waals surface area contributed by atoms with Crippen LogP contribution in [0.25, 0.3) is 5.82 Å². The van der Waals surface area contributed by atoms with Gasteiger partial charge in [-0.3, -0.25) is 9.98 Å². The molecular weight excluding hydrogens is 190 g/mol. The van der Waals surface area contributed by atoms with Crippen LogP contribution in [0.2, 0.25) is 0 Å². The van der Waals surface area contributed by atoms with Gasteiger partial charge in [-0.15, -0.1) is 0 Å². The molecule has 0 fully saturated rings. The summed E-state index contributed by atoms with van der Waals surface area (Å²) in [6.07, 6.45) is 5.15. The lowest BCUT2D eigenvalue weighted by atomic mass is 10.2. The van der Waals surface area contributed by atoms with Crippen LogP contribution in [0.15, 0.2) is 30.7 Å². The summed E-state index contributed by atoms with van der Waals surface area (Å²) in [5, 5.41) is 7.45. The molecular formula is C10H11N5. The lowest BCUT2D eigenvalue weighted by Gasteiger charge is -2.08. The van der Waals surface area contributed by atoms with Crippen molar-refractivity contribution in [1.82, 2.24) is 14.5 Å². The van der Waals surface area contributed by atoms with Gasteiger partial charge in [0, 0.05) is 18.6 Å². The second kappa shape index (κ2) is 3.53. The minimum atomic E-state index is 0.00574. The quantitative estimate of drug-likeness (QED) is 0.558. The van der Waals surface area contributed by atoms with Gasteiger partial charge in [0.15, 0.2) is 0 Å². The van der Waals surface area contributed by atoms with E-state index in [1.807, 2.05) is 6.92 Å². The van der Waals surface area contributed by atoms with Crippen LogP contribution in [0.5, 0.6) is 0 Å². The smallest absolute Gasteiger partial charge is 0.149 e. The molecule has 0 saturated heterocycles. The SMILES string of the molecule is Cc1nccn1-c1ncccc1C(=N)N. The van der Waals surface area contributed by atoms with Crippen molar-refractivity contribution in [2.24, 2.45) is 5.73 Å². The van der Waals surface area contributed by atoms with Crippen LogP contribution in [-0.4, -0.2) is 20.4 Å². The van der Waals surface area contributed by atoms with Crippen LogP contribution in [0.4, 0.5) is 0 Å². The van der Waals surface area contributed by atoms with Crippen molar-refractivity contribution >= 4 is 5.84 Å². The molecule has 5 nitrogen and oxygen atoms in total. The van der Waals surface area contributed by atoms with E-state index in [0.717, 1.165) is 5.82 Å². The summed E-state index contributed by atoms with van der Waals surface area (Å²) in [4.78, 5) is 8.31. The number of imidazole rings is 1. The number of rotatable bonds is 2. The zero-order chi connectivity index (χ0) is 10.8. The number of hydrogen-bond donors (Lipinski definition) is 2. The second-order valence-corrected chi connectivity index (χ2v) is 3.13. The zero-order valence-electron chi connectivity index (χ0n) is 8.31. The Labute approximate surface area is 87.1 Å². The number of nitrogens with one attached hydrogen (secondary N) is 1. The van der Waals surface area contributed by atoms with E-state index in [1.54, 1.807) is 35.3 Å². The van der Waals surface area contributed by atoms with Crippen LogP contribution in [0.1, 0.15) is 11.4 Å². The van der Waals surface area contributed by atoms with Crippen LogP contribution in [0.3, 0.4) is 0 Å². The Morgan fingerprint density at radius 1 is 1.40 bits per heavy atom. The van der Waals surface area contributed by atoms with Gasteiger partial charge >= 0.3 is 0 Å². The Balaban J connectivity index is 2.63. The van der Waals surface area contributed by atoms with Gasteiger partial charge in [-0.05, 0) is 19.1 Å². The maximum atomic E-state index is 7.45. The van der Waals surface area contributed by atoms with E-state index in [0.29, 0.717) is 11.4 Å². The Bertz CT molecular complexity index is 500. The first-order valence-electron chi connectivity index (χ1n) is 4.50. The number of nitrogens with two attached hydrogens (primary N) is 1. The van der Waals surface area contributed by atoms with Crippen molar-refractivity contribution in [3.63, 3.8) is 0 Å². The maximum Gasteiger partial charge on any atom is 0.149 e. The molecule has 0 radical (unpaired) electrons. The standard InChI is InChI=1S/C10H11N5/c1-7-13-5-6-15(7)10-8(9(11)12)3-2-4-14-10/h2-6H,1H3,(H3,11,12). The van der Waals surface area contributed by atoms with E-state index in [2.05, 4.69) is 9.97 Å². The molecule has 0 atom stereocenters. The number of pyridine rings is 1. The monoisotopic (exact) mass is 201 g/mol. The summed E-state index contributed by atoms with van der Waals surface area (Å²) < 4.78 is 1.80. The van der Waals surface area contributed by atoms with Crippen molar-refractivity contribution in [1.29, 1.82) is 5.41 Å². The number of nitrogens with zero attached hydrogens (tertiary/aromatic N) is 3. The fourth-order valence-electron chi connectivity index (χ4n) is 1.40. The third kappa shape index (κ3) is 1.59. The highest BCUT2D eigenvalue weighted by Gasteiger charge is 2.09. The van der Waals surface area contributed by atoms with Gasteiger partial charge in [0.05, 0.1) is 5.56 Å². The fourth-order valence-corrected chi connectivity index (χ4v) is 1.40. The lowest BCUT2D eigenvalue weighted by Crippen LogP contribution is -2.16. The number of aryl methyl sites for hydroxylation is 1. The van der Waals surface area contributed by atoms with E-state index < -0.39 is 0 Å². The van der Waals surface area contributed by atoms with E-state index in [4.69, 9.17) is 11.1 Å². The summed E-state index contributed by atoms with van der Waals surface area (Å²) in [6, 6.07) is 3.52. The first-order chi connectivity index (χ1) is 7.20. The number of hydrogen-bond acceptors (Lipinski definition) is 3. The molecule has 0 aliphatic heterocycles. The number of amidine groups is 1. The summed E-state index contributed by atoms with van der Waals surface area (Å²) in [5.41, 5.74) is 6.09. The summed E-state index contributed by atoms with van der Waals surface area (Å²) >= 11 is 0. The molecule has 0 spiro atoms. The largest absolute Gasteiger partial charge is 0.384 e. The first-order valence-corrected chi connectivity index (χ1v) is 4.50. The van der Waals surface area contributed by atoms with Crippen molar-refractivity contribution in [3.05, 3.63) is 42.1 Å². The Morgan fingerprint density at radius 2 is 2.20 bits per heavy atom. The molecule has 0 amide bonds. The van der Waals surface area contributed by atoms with Crippen LogP contribution in [0, 0.1) is 12.3 Å². The van der Waals surface area contributed by atoms with E-state index in [-0.39, 0.29) is 5.84 Å². The molecule has 15 heavy (non-hydrogen) atoms. The molecule has 0 saturated carbocycles. The zero-order valence-corrected chi connectivity index (χ0v) is 8.31. The molecule has 0 aliphatic carbocycles. The maximum absolute atomic E-state index is 7.45. The summed E-state index contributed by atoms with van der Waals surface area (Å²) in [5.74, 6) is 1.46. The van der Waals surface area contributed by atoms with Crippen LogP contribution < -0.4 is 5.73 Å². The Morgan fingerprint density at radius 3 is 2.80 bits per heavy atom. The number of aromatic nitrogens is 3. The van der Waals surface area contributed by atoms with Crippen molar-refractivity contribution < 1.29 is 0 Å². The van der Waals surface area contributed by atoms with E-state index in [1.165, 1.54) is 0 Å². The highest BCUT2D eigenvalue weighted by atomic mass is 15.1. The first kappa shape index (κ1) is 9.39. The topological polar surface area (TPSA) is 80.6 Å². The average Bonchev–Trinajstić information content (AvgIpc) is 2.64.